The molecule has 100 valence electrons. The summed E-state index contributed by atoms with van der Waals surface area (Å²) < 4.78 is 5.44. The molecule has 0 amide bonds. The smallest absolute Gasteiger partial charge is 0.159 e. The van der Waals surface area contributed by atoms with Gasteiger partial charge in [0, 0.05) is 5.56 Å². The molecular weight excluding hydrogens is 238 g/mol. The van der Waals surface area contributed by atoms with E-state index in [0.29, 0.717) is 17.4 Å². The minimum Gasteiger partial charge on any atom is -0.496 e. The Hall–Kier alpha value is -2.10. The molecule has 1 aromatic carbocycles. The summed E-state index contributed by atoms with van der Waals surface area (Å²) in [6.45, 7) is 6.31. The van der Waals surface area contributed by atoms with Gasteiger partial charge in [0.05, 0.1) is 25.2 Å². The molecule has 0 saturated heterocycles. The molecule has 1 heterocycles. The molecule has 0 aliphatic rings. The van der Waals surface area contributed by atoms with E-state index in [0.717, 1.165) is 22.4 Å². The molecule has 0 radical (unpaired) electrons. The van der Waals surface area contributed by atoms with Crippen LogP contribution in [-0.2, 0) is 0 Å². The zero-order chi connectivity index (χ0) is 14.0. The fourth-order valence-corrected chi connectivity index (χ4v) is 2.04. The maximum absolute atomic E-state index is 5.62. The molecule has 0 saturated carbocycles. The van der Waals surface area contributed by atoms with E-state index in [4.69, 9.17) is 10.5 Å². The Morgan fingerprint density at radius 1 is 1.16 bits per heavy atom. The Morgan fingerprint density at radius 3 is 2.32 bits per heavy atom. The van der Waals surface area contributed by atoms with Crippen molar-refractivity contribution in [2.24, 2.45) is 0 Å². The summed E-state index contributed by atoms with van der Waals surface area (Å²) in [5.74, 6) is 1.98. The van der Waals surface area contributed by atoms with E-state index >= 15 is 0 Å². The second kappa shape index (κ2) is 5.26. The van der Waals surface area contributed by atoms with E-state index in [1.807, 2.05) is 13.0 Å². The van der Waals surface area contributed by atoms with E-state index in [9.17, 15) is 0 Å². The van der Waals surface area contributed by atoms with Gasteiger partial charge in [-0.3, -0.25) is 0 Å². The summed E-state index contributed by atoms with van der Waals surface area (Å²) in [4.78, 5) is 8.58. The normalized spacial score (nSPS) is 10.8. The van der Waals surface area contributed by atoms with Gasteiger partial charge in [0.25, 0.3) is 0 Å². The number of ether oxygens (including phenoxy) is 1. The number of aromatic nitrogens is 2. The minimum atomic E-state index is 0.378. The number of anilines is 1. The molecule has 1 aromatic heterocycles. The lowest BCUT2D eigenvalue weighted by Crippen LogP contribution is -1.99. The summed E-state index contributed by atoms with van der Waals surface area (Å²) in [5.41, 5.74) is 9.45. The van der Waals surface area contributed by atoms with E-state index in [1.165, 1.54) is 0 Å². The standard InChI is InChI=1S/C15H19N3O/c1-9(2)12-6-13(10(3)5-14(12)19-4)15-17-7-11(16)8-18-15/h5-9H,16H2,1-4H3. The lowest BCUT2D eigenvalue weighted by atomic mass is 9.96. The quantitative estimate of drug-likeness (QED) is 0.917. The number of benzene rings is 1. The number of hydrogen-bond donors (Lipinski definition) is 1. The molecule has 19 heavy (non-hydrogen) atoms. The third kappa shape index (κ3) is 2.67. The number of hydrogen-bond acceptors (Lipinski definition) is 4. The predicted octanol–water partition coefficient (Wildman–Crippen LogP) is 3.17. The third-order valence-electron chi connectivity index (χ3n) is 3.11. The number of methoxy groups -OCH3 is 1. The predicted molar refractivity (Wildman–Crippen MR) is 77.3 cm³/mol. The molecular formula is C15H19N3O. The highest BCUT2D eigenvalue weighted by Crippen LogP contribution is 2.33. The van der Waals surface area contributed by atoms with Crippen LogP contribution in [0.25, 0.3) is 11.4 Å². The van der Waals surface area contributed by atoms with Crippen molar-refractivity contribution >= 4 is 5.69 Å². The van der Waals surface area contributed by atoms with Crippen molar-refractivity contribution in [1.29, 1.82) is 0 Å². The first kappa shape index (κ1) is 13.3. The Labute approximate surface area is 113 Å². The van der Waals surface area contributed by atoms with Crippen LogP contribution in [0.15, 0.2) is 24.5 Å². The van der Waals surface area contributed by atoms with E-state index in [2.05, 4.69) is 29.9 Å². The number of nitrogens with two attached hydrogens (primary N) is 1. The fraction of sp³-hybridized carbons (Fsp3) is 0.333. The van der Waals surface area contributed by atoms with Crippen molar-refractivity contribution in [3.63, 3.8) is 0 Å². The van der Waals surface area contributed by atoms with Crippen LogP contribution in [-0.4, -0.2) is 17.1 Å². The lowest BCUT2D eigenvalue weighted by molar-refractivity contribution is 0.407. The summed E-state index contributed by atoms with van der Waals surface area (Å²) in [7, 11) is 1.69. The molecule has 2 N–H and O–H groups in total. The van der Waals surface area contributed by atoms with Crippen molar-refractivity contribution in [1.82, 2.24) is 9.97 Å². The van der Waals surface area contributed by atoms with Gasteiger partial charge in [-0.15, -0.1) is 0 Å². The summed E-state index contributed by atoms with van der Waals surface area (Å²) in [6, 6.07) is 4.13. The van der Waals surface area contributed by atoms with Crippen LogP contribution < -0.4 is 10.5 Å². The maximum Gasteiger partial charge on any atom is 0.159 e. The zero-order valence-electron chi connectivity index (χ0n) is 11.8. The highest BCUT2D eigenvalue weighted by Gasteiger charge is 2.13. The molecule has 0 aliphatic carbocycles. The number of nitrogens with zero attached hydrogens (tertiary/aromatic N) is 2. The van der Waals surface area contributed by atoms with Gasteiger partial charge in [-0.05, 0) is 36.1 Å². The summed E-state index contributed by atoms with van der Waals surface area (Å²) in [5, 5.41) is 0. The monoisotopic (exact) mass is 257 g/mol. The fourth-order valence-electron chi connectivity index (χ4n) is 2.04. The van der Waals surface area contributed by atoms with Crippen LogP contribution in [0, 0.1) is 6.92 Å². The first-order chi connectivity index (χ1) is 9.02. The Balaban J connectivity index is 2.57. The van der Waals surface area contributed by atoms with Crippen LogP contribution in [0.5, 0.6) is 5.75 Å². The largest absolute Gasteiger partial charge is 0.496 e. The molecule has 0 atom stereocenters. The highest BCUT2D eigenvalue weighted by atomic mass is 16.5. The average molecular weight is 257 g/mol. The molecule has 4 nitrogen and oxygen atoms in total. The van der Waals surface area contributed by atoms with Crippen molar-refractivity contribution in [3.8, 4) is 17.1 Å². The van der Waals surface area contributed by atoms with Crippen LogP contribution in [0.2, 0.25) is 0 Å². The van der Waals surface area contributed by atoms with Crippen LogP contribution >= 0.6 is 0 Å². The van der Waals surface area contributed by atoms with Gasteiger partial charge in [-0.2, -0.15) is 0 Å². The zero-order valence-corrected chi connectivity index (χ0v) is 11.8. The topological polar surface area (TPSA) is 61.0 Å². The molecule has 0 aliphatic heterocycles. The number of nitrogen functional groups attached to an aromatic ring is 1. The van der Waals surface area contributed by atoms with Gasteiger partial charge in [0.2, 0.25) is 0 Å². The van der Waals surface area contributed by atoms with Gasteiger partial charge in [-0.25, -0.2) is 9.97 Å². The van der Waals surface area contributed by atoms with E-state index in [-0.39, 0.29) is 0 Å². The van der Waals surface area contributed by atoms with Gasteiger partial charge < -0.3 is 10.5 Å². The molecule has 0 unspecified atom stereocenters. The highest BCUT2D eigenvalue weighted by molar-refractivity contribution is 5.64. The Bertz CT molecular complexity index is 577. The molecule has 4 heteroatoms. The molecule has 0 fully saturated rings. The van der Waals surface area contributed by atoms with Crippen molar-refractivity contribution in [2.75, 3.05) is 12.8 Å². The number of rotatable bonds is 3. The van der Waals surface area contributed by atoms with E-state index in [1.54, 1.807) is 19.5 Å². The average Bonchev–Trinajstić information content (AvgIpc) is 2.39. The first-order valence-electron chi connectivity index (χ1n) is 6.29. The number of aryl methyl sites for hydroxylation is 1. The summed E-state index contributed by atoms with van der Waals surface area (Å²) in [6.07, 6.45) is 3.25. The van der Waals surface area contributed by atoms with Crippen molar-refractivity contribution in [3.05, 3.63) is 35.7 Å². The molecule has 0 spiro atoms. The second-order valence-electron chi connectivity index (χ2n) is 4.90. The SMILES string of the molecule is COc1cc(C)c(-c2ncc(N)cn2)cc1C(C)C. The summed E-state index contributed by atoms with van der Waals surface area (Å²) >= 11 is 0. The van der Waals surface area contributed by atoms with Crippen LogP contribution in [0.3, 0.4) is 0 Å². The van der Waals surface area contributed by atoms with Gasteiger partial charge in [0.15, 0.2) is 5.82 Å². The Morgan fingerprint density at radius 2 is 1.79 bits per heavy atom. The van der Waals surface area contributed by atoms with Gasteiger partial charge >= 0.3 is 0 Å². The van der Waals surface area contributed by atoms with E-state index < -0.39 is 0 Å². The molecule has 2 rings (SSSR count). The Kier molecular flexibility index (Phi) is 3.69. The minimum absolute atomic E-state index is 0.378. The third-order valence-corrected chi connectivity index (χ3v) is 3.11. The lowest BCUT2D eigenvalue weighted by Gasteiger charge is -2.15. The molecule has 0 bridgehead atoms. The van der Waals surface area contributed by atoms with Crippen LogP contribution in [0.1, 0.15) is 30.9 Å². The van der Waals surface area contributed by atoms with Crippen molar-refractivity contribution in [2.45, 2.75) is 26.7 Å². The van der Waals surface area contributed by atoms with Gasteiger partial charge in [0.1, 0.15) is 5.75 Å². The maximum atomic E-state index is 5.62. The van der Waals surface area contributed by atoms with Crippen molar-refractivity contribution < 1.29 is 4.74 Å². The van der Waals surface area contributed by atoms with Crippen LogP contribution in [0.4, 0.5) is 5.69 Å². The molecule has 2 aromatic rings. The first-order valence-corrected chi connectivity index (χ1v) is 6.29. The van der Waals surface area contributed by atoms with Gasteiger partial charge in [-0.1, -0.05) is 13.8 Å². The second-order valence-corrected chi connectivity index (χ2v) is 4.90.